The van der Waals surface area contributed by atoms with Gasteiger partial charge in [-0.05, 0) is 49.8 Å². The number of thiophene rings is 1. The lowest BCUT2D eigenvalue weighted by Gasteiger charge is -2.20. The van der Waals surface area contributed by atoms with Gasteiger partial charge in [-0.25, -0.2) is 9.97 Å². The first-order valence-corrected chi connectivity index (χ1v) is 9.62. The fraction of sp³-hybridized carbons (Fsp3) is 0.474. The maximum absolute atomic E-state index is 5.53. The van der Waals surface area contributed by atoms with Crippen LogP contribution in [0.1, 0.15) is 48.2 Å². The standard InChI is InChI=1S/C19H23N3OS/c1-3-7-16-20-18(22(2)12-13-8-6-11-23-13)17-14-9-4-5-10-15(14)24-19(17)21-16/h6,8,11H,3-5,7,9-10,12H2,1-2H3. The number of hydrogen-bond donors (Lipinski definition) is 0. The zero-order chi connectivity index (χ0) is 16.5. The lowest BCUT2D eigenvalue weighted by Crippen LogP contribution is -2.19. The highest BCUT2D eigenvalue weighted by molar-refractivity contribution is 7.19. The van der Waals surface area contributed by atoms with Gasteiger partial charge in [0.2, 0.25) is 0 Å². The molecule has 4 rings (SSSR count). The number of furan rings is 1. The molecule has 0 unspecified atom stereocenters. The Morgan fingerprint density at radius 1 is 1.25 bits per heavy atom. The molecule has 0 bridgehead atoms. The van der Waals surface area contributed by atoms with Crippen LogP contribution in [0.3, 0.4) is 0 Å². The predicted molar refractivity (Wildman–Crippen MR) is 98.9 cm³/mol. The van der Waals surface area contributed by atoms with E-state index in [9.17, 15) is 0 Å². The van der Waals surface area contributed by atoms with Crippen molar-refractivity contribution in [1.82, 2.24) is 9.97 Å². The van der Waals surface area contributed by atoms with E-state index in [0.717, 1.165) is 43.2 Å². The second-order valence-electron chi connectivity index (χ2n) is 6.54. The number of aryl methyl sites for hydroxylation is 3. The van der Waals surface area contributed by atoms with Gasteiger partial charge in [0, 0.05) is 18.3 Å². The van der Waals surface area contributed by atoms with Crippen LogP contribution in [0.2, 0.25) is 0 Å². The summed E-state index contributed by atoms with van der Waals surface area (Å²) in [6.07, 6.45) is 8.66. The minimum Gasteiger partial charge on any atom is -0.467 e. The molecule has 0 spiro atoms. The average Bonchev–Trinajstić information content (AvgIpc) is 3.21. The fourth-order valence-corrected chi connectivity index (χ4v) is 4.78. The van der Waals surface area contributed by atoms with Crippen LogP contribution < -0.4 is 4.90 Å². The van der Waals surface area contributed by atoms with E-state index in [4.69, 9.17) is 14.4 Å². The van der Waals surface area contributed by atoms with E-state index < -0.39 is 0 Å². The second kappa shape index (κ2) is 6.55. The molecule has 24 heavy (non-hydrogen) atoms. The van der Waals surface area contributed by atoms with E-state index >= 15 is 0 Å². The van der Waals surface area contributed by atoms with Gasteiger partial charge in [0.1, 0.15) is 22.2 Å². The van der Waals surface area contributed by atoms with Crippen LogP contribution in [-0.2, 0) is 25.8 Å². The predicted octanol–water partition coefficient (Wildman–Crippen LogP) is 4.75. The highest BCUT2D eigenvalue weighted by atomic mass is 32.1. The monoisotopic (exact) mass is 341 g/mol. The minimum atomic E-state index is 0.731. The van der Waals surface area contributed by atoms with Gasteiger partial charge in [-0.15, -0.1) is 11.3 Å². The summed E-state index contributed by atoms with van der Waals surface area (Å²) in [7, 11) is 2.10. The Bertz CT molecular complexity index is 838. The van der Waals surface area contributed by atoms with Crippen LogP contribution in [0.5, 0.6) is 0 Å². The summed E-state index contributed by atoms with van der Waals surface area (Å²) in [6.45, 7) is 2.91. The van der Waals surface area contributed by atoms with Crippen molar-refractivity contribution in [3.05, 3.63) is 40.4 Å². The van der Waals surface area contributed by atoms with Crippen molar-refractivity contribution in [2.75, 3.05) is 11.9 Å². The second-order valence-corrected chi connectivity index (χ2v) is 7.62. The first-order valence-electron chi connectivity index (χ1n) is 8.81. The number of hydrogen-bond acceptors (Lipinski definition) is 5. The quantitative estimate of drug-likeness (QED) is 0.671. The maximum Gasteiger partial charge on any atom is 0.141 e. The Labute approximate surface area is 146 Å². The van der Waals surface area contributed by atoms with Crippen LogP contribution >= 0.6 is 11.3 Å². The van der Waals surface area contributed by atoms with E-state index in [0.29, 0.717) is 0 Å². The molecule has 126 valence electrons. The highest BCUT2D eigenvalue weighted by Crippen LogP contribution is 2.39. The molecule has 0 amide bonds. The largest absolute Gasteiger partial charge is 0.467 e. The van der Waals surface area contributed by atoms with E-state index in [-0.39, 0.29) is 0 Å². The van der Waals surface area contributed by atoms with Crippen LogP contribution in [0.25, 0.3) is 10.2 Å². The molecule has 3 aromatic heterocycles. The van der Waals surface area contributed by atoms with Gasteiger partial charge in [0.15, 0.2) is 0 Å². The summed E-state index contributed by atoms with van der Waals surface area (Å²) in [6, 6.07) is 3.96. The Kier molecular flexibility index (Phi) is 4.27. The van der Waals surface area contributed by atoms with Crippen molar-refractivity contribution in [2.24, 2.45) is 0 Å². The van der Waals surface area contributed by atoms with E-state index in [1.54, 1.807) is 6.26 Å². The van der Waals surface area contributed by atoms with Crippen LogP contribution in [0.4, 0.5) is 5.82 Å². The molecule has 0 atom stereocenters. The van der Waals surface area contributed by atoms with E-state index in [1.807, 2.05) is 23.5 Å². The van der Waals surface area contributed by atoms with Crippen molar-refractivity contribution < 1.29 is 4.42 Å². The number of fused-ring (bicyclic) bond motifs is 3. The lowest BCUT2D eigenvalue weighted by molar-refractivity contribution is 0.507. The molecule has 0 aliphatic heterocycles. The summed E-state index contributed by atoms with van der Waals surface area (Å²) >= 11 is 1.88. The zero-order valence-electron chi connectivity index (χ0n) is 14.3. The SMILES string of the molecule is CCCc1nc(N(C)Cc2ccco2)c2c3c(sc2n1)CCCC3. The van der Waals surface area contributed by atoms with Crippen molar-refractivity contribution in [3.8, 4) is 0 Å². The molecule has 0 fully saturated rings. The molecule has 4 nitrogen and oxygen atoms in total. The molecule has 0 saturated carbocycles. The minimum absolute atomic E-state index is 0.731. The molecule has 5 heteroatoms. The molecule has 3 heterocycles. The Hall–Kier alpha value is -1.88. The van der Waals surface area contributed by atoms with Gasteiger partial charge < -0.3 is 9.32 Å². The number of rotatable bonds is 5. The summed E-state index contributed by atoms with van der Waals surface area (Å²) in [5.74, 6) is 2.99. The molecule has 1 aliphatic carbocycles. The first-order chi connectivity index (χ1) is 11.8. The van der Waals surface area contributed by atoms with Gasteiger partial charge in [-0.3, -0.25) is 0 Å². The number of nitrogens with zero attached hydrogens (tertiary/aromatic N) is 3. The maximum atomic E-state index is 5.53. The molecule has 0 radical (unpaired) electrons. The third kappa shape index (κ3) is 2.81. The molecule has 0 saturated heterocycles. The van der Waals surface area contributed by atoms with Crippen LogP contribution in [-0.4, -0.2) is 17.0 Å². The first kappa shape index (κ1) is 15.6. The van der Waals surface area contributed by atoms with Gasteiger partial charge in [-0.2, -0.15) is 0 Å². The molecule has 0 N–H and O–H groups in total. The van der Waals surface area contributed by atoms with Crippen LogP contribution in [0, 0.1) is 0 Å². The summed E-state index contributed by atoms with van der Waals surface area (Å²) in [5, 5.41) is 1.28. The number of anilines is 1. The van der Waals surface area contributed by atoms with Gasteiger partial charge in [0.05, 0.1) is 18.2 Å². The molecular weight excluding hydrogens is 318 g/mol. The zero-order valence-corrected chi connectivity index (χ0v) is 15.2. The van der Waals surface area contributed by atoms with Crippen molar-refractivity contribution in [2.45, 2.75) is 52.0 Å². The topological polar surface area (TPSA) is 42.2 Å². The Balaban J connectivity index is 1.82. The fourth-order valence-electron chi connectivity index (χ4n) is 3.50. The molecular formula is C19H23N3OS. The van der Waals surface area contributed by atoms with Crippen molar-refractivity contribution in [1.29, 1.82) is 0 Å². The van der Waals surface area contributed by atoms with Crippen molar-refractivity contribution in [3.63, 3.8) is 0 Å². The van der Waals surface area contributed by atoms with Crippen LogP contribution in [0.15, 0.2) is 22.8 Å². The third-order valence-electron chi connectivity index (χ3n) is 4.65. The molecule has 0 aromatic carbocycles. The van der Waals surface area contributed by atoms with Gasteiger partial charge in [-0.1, -0.05) is 6.92 Å². The Morgan fingerprint density at radius 2 is 2.12 bits per heavy atom. The Morgan fingerprint density at radius 3 is 2.92 bits per heavy atom. The molecule has 3 aromatic rings. The van der Waals surface area contributed by atoms with Gasteiger partial charge >= 0.3 is 0 Å². The van der Waals surface area contributed by atoms with E-state index in [2.05, 4.69) is 18.9 Å². The number of aromatic nitrogens is 2. The summed E-state index contributed by atoms with van der Waals surface area (Å²) in [4.78, 5) is 14.7. The lowest BCUT2D eigenvalue weighted by atomic mass is 9.97. The third-order valence-corrected chi connectivity index (χ3v) is 5.84. The smallest absolute Gasteiger partial charge is 0.141 e. The average molecular weight is 341 g/mol. The summed E-state index contributed by atoms with van der Waals surface area (Å²) in [5.41, 5.74) is 1.49. The van der Waals surface area contributed by atoms with Crippen molar-refractivity contribution >= 4 is 27.4 Å². The normalized spacial score (nSPS) is 14.1. The highest BCUT2D eigenvalue weighted by Gasteiger charge is 2.23. The van der Waals surface area contributed by atoms with Gasteiger partial charge in [0.25, 0.3) is 0 Å². The molecule has 1 aliphatic rings. The van der Waals surface area contributed by atoms with E-state index in [1.165, 1.54) is 39.9 Å². The summed E-state index contributed by atoms with van der Waals surface area (Å²) < 4.78 is 5.53.